The van der Waals surface area contributed by atoms with Gasteiger partial charge in [-0.05, 0) is 49.4 Å². The highest BCUT2D eigenvalue weighted by atomic mass is 16.5. The molecule has 5 nitrogen and oxygen atoms in total. The molecular weight excluding hydrogens is 326 g/mol. The van der Waals surface area contributed by atoms with Gasteiger partial charge in [-0.25, -0.2) is 9.97 Å². The van der Waals surface area contributed by atoms with Crippen molar-refractivity contribution < 1.29 is 9.47 Å². The number of methoxy groups -OCH3 is 2. The Morgan fingerprint density at radius 2 is 1.73 bits per heavy atom. The number of anilines is 2. The van der Waals surface area contributed by atoms with Crippen LogP contribution in [-0.4, -0.2) is 24.2 Å². The number of benzene rings is 2. The van der Waals surface area contributed by atoms with Crippen molar-refractivity contribution >= 4 is 23.8 Å². The number of hydrogen-bond acceptors (Lipinski definition) is 5. The van der Waals surface area contributed by atoms with E-state index in [1.165, 1.54) is 5.56 Å². The summed E-state index contributed by atoms with van der Waals surface area (Å²) in [5.41, 5.74) is 3.91. The van der Waals surface area contributed by atoms with Crippen LogP contribution in [0.4, 0.5) is 11.6 Å². The van der Waals surface area contributed by atoms with E-state index in [1.54, 1.807) is 20.4 Å². The predicted molar refractivity (Wildman–Crippen MR) is 105 cm³/mol. The molecule has 3 aromatic rings. The van der Waals surface area contributed by atoms with Crippen molar-refractivity contribution in [3.63, 3.8) is 0 Å². The molecule has 1 aromatic heterocycles. The van der Waals surface area contributed by atoms with Crippen LogP contribution in [0.25, 0.3) is 12.2 Å². The van der Waals surface area contributed by atoms with Gasteiger partial charge in [0, 0.05) is 23.5 Å². The highest BCUT2D eigenvalue weighted by Crippen LogP contribution is 2.26. The van der Waals surface area contributed by atoms with Gasteiger partial charge in [-0.3, -0.25) is 0 Å². The SMILES string of the molecule is COc1ccc(/C=C/c2ccnc(Nc3ccc(C)cc3)n2)c(OC)c1. The maximum atomic E-state index is 5.41. The Morgan fingerprint density at radius 1 is 0.923 bits per heavy atom. The Kier molecular flexibility index (Phi) is 5.49. The molecule has 0 fully saturated rings. The van der Waals surface area contributed by atoms with Crippen LogP contribution >= 0.6 is 0 Å². The lowest BCUT2D eigenvalue weighted by atomic mass is 10.1. The van der Waals surface area contributed by atoms with Gasteiger partial charge in [0.1, 0.15) is 11.5 Å². The largest absolute Gasteiger partial charge is 0.497 e. The third-order valence-corrected chi connectivity index (χ3v) is 3.86. The van der Waals surface area contributed by atoms with Crippen molar-refractivity contribution in [2.45, 2.75) is 6.92 Å². The Hall–Kier alpha value is -3.34. The van der Waals surface area contributed by atoms with E-state index in [0.717, 1.165) is 28.4 Å². The Morgan fingerprint density at radius 3 is 2.46 bits per heavy atom. The van der Waals surface area contributed by atoms with Crippen LogP contribution in [0.15, 0.2) is 54.7 Å². The van der Waals surface area contributed by atoms with E-state index in [9.17, 15) is 0 Å². The van der Waals surface area contributed by atoms with E-state index in [4.69, 9.17) is 9.47 Å². The Balaban J connectivity index is 1.78. The van der Waals surface area contributed by atoms with Crippen molar-refractivity contribution in [3.05, 3.63) is 71.5 Å². The van der Waals surface area contributed by atoms with Crippen LogP contribution in [-0.2, 0) is 0 Å². The fourth-order valence-electron chi connectivity index (χ4n) is 2.42. The number of nitrogens with zero attached hydrogens (tertiary/aromatic N) is 2. The van der Waals surface area contributed by atoms with E-state index in [1.807, 2.05) is 60.7 Å². The first-order chi connectivity index (χ1) is 12.7. The molecule has 0 spiro atoms. The number of ether oxygens (including phenoxy) is 2. The first-order valence-corrected chi connectivity index (χ1v) is 8.25. The average molecular weight is 347 g/mol. The van der Waals surface area contributed by atoms with Crippen molar-refractivity contribution in [2.24, 2.45) is 0 Å². The molecule has 132 valence electrons. The zero-order chi connectivity index (χ0) is 18.4. The minimum absolute atomic E-state index is 0.553. The maximum Gasteiger partial charge on any atom is 0.227 e. The second-order valence-corrected chi connectivity index (χ2v) is 5.74. The molecule has 0 saturated carbocycles. The lowest BCUT2D eigenvalue weighted by molar-refractivity contribution is 0.394. The second-order valence-electron chi connectivity index (χ2n) is 5.74. The zero-order valence-electron chi connectivity index (χ0n) is 15.1. The van der Waals surface area contributed by atoms with Gasteiger partial charge in [0.05, 0.1) is 19.9 Å². The second kappa shape index (κ2) is 8.16. The van der Waals surface area contributed by atoms with Gasteiger partial charge in [-0.2, -0.15) is 0 Å². The number of aryl methyl sites for hydroxylation is 1. The molecule has 0 unspecified atom stereocenters. The average Bonchev–Trinajstić information content (AvgIpc) is 2.68. The molecule has 5 heteroatoms. The Labute approximate surface area is 153 Å². The quantitative estimate of drug-likeness (QED) is 0.699. The van der Waals surface area contributed by atoms with Crippen LogP contribution in [0.3, 0.4) is 0 Å². The fourth-order valence-corrected chi connectivity index (χ4v) is 2.42. The normalized spacial score (nSPS) is 10.7. The van der Waals surface area contributed by atoms with Gasteiger partial charge >= 0.3 is 0 Å². The molecule has 0 aliphatic carbocycles. The monoisotopic (exact) mass is 347 g/mol. The molecule has 2 aromatic carbocycles. The summed E-state index contributed by atoms with van der Waals surface area (Å²) in [6, 6.07) is 15.6. The van der Waals surface area contributed by atoms with Crippen molar-refractivity contribution in [2.75, 3.05) is 19.5 Å². The zero-order valence-corrected chi connectivity index (χ0v) is 15.1. The van der Waals surface area contributed by atoms with E-state index < -0.39 is 0 Å². The predicted octanol–water partition coefficient (Wildman–Crippen LogP) is 4.72. The summed E-state index contributed by atoms with van der Waals surface area (Å²) in [4.78, 5) is 8.79. The van der Waals surface area contributed by atoms with E-state index in [0.29, 0.717) is 5.95 Å². The third-order valence-electron chi connectivity index (χ3n) is 3.86. The van der Waals surface area contributed by atoms with Crippen LogP contribution < -0.4 is 14.8 Å². The molecule has 0 radical (unpaired) electrons. The molecule has 0 aliphatic heterocycles. The topological polar surface area (TPSA) is 56.3 Å². The van der Waals surface area contributed by atoms with Gasteiger partial charge in [-0.15, -0.1) is 0 Å². The molecule has 0 bridgehead atoms. The minimum Gasteiger partial charge on any atom is -0.497 e. The van der Waals surface area contributed by atoms with Gasteiger partial charge in [0.15, 0.2) is 0 Å². The standard InChI is InChI=1S/C21H21N3O2/c1-15-4-8-17(9-5-15)23-21-22-13-12-18(24-21)10-6-16-7-11-19(25-2)14-20(16)26-3/h4-14H,1-3H3,(H,22,23,24)/b10-6+. The summed E-state index contributed by atoms with van der Waals surface area (Å²) in [5, 5.41) is 3.21. The highest BCUT2D eigenvalue weighted by Gasteiger charge is 2.03. The minimum atomic E-state index is 0.553. The van der Waals surface area contributed by atoms with Crippen molar-refractivity contribution in [1.82, 2.24) is 9.97 Å². The van der Waals surface area contributed by atoms with Crippen molar-refractivity contribution in [1.29, 1.82) is 0 Å². The summed E-state index contributed by atoms with van der Waals surface area (Å²) >= 11 is 0. The smallest absolute Gasteiger partial charge is 0.227 e. The maximum absolute atomic E-state index is 5.41. The van der Waals surface area contributed by atoms with Gasteiger partial charge in [0.2, 0.25) is 5.95 Å². The molecular formula is C21H21N3O2. The van der Waals surface area contributed by atoms with E-state index in [2.05, 4.69) is 22.2 Å². The summed E-state index contributed by atoms with van der Waals surface area (Å²) in [6.45, 7) is 2.05. The molecule has 1 N–H and O–H groups in total. The van der Waals surface area contributed by atoms with Gasteiger partial charge in [-0.1, -0.05) is 17.7 Å². The van der Waals surface area contributed by atoms with Crippen LogP contribution in [0.5, 0.6) is 11.5 Å². The summed E-state index contributed by atoms with van der Waals surface area (Å²) in [6.07, 6.45) is 5.61. The van der Waals surface area contributed by atoms with Crippen LogP contribution in [0.1, 0.15) is 16.8 Å². The summed E-state index contributed by atoms with van der Waals surface area (Å²) in [5.74, 6) is 2.05. The fraction of sp³-hybridized carbons (Fsp3) is 0.143. The molecule has 0 saturated heterocycles. The lowest BCUT2D eigenvalue weighted by Gasteiger charge is -2.07. The molecule has 0 amide bonds. The highest BCUT2D eigenvalue weighted by molar-refractivity contribution is 5.72. The molecule has 3 rings (SSSR count). The molecule has 1 heterocycles. The van der Waals surface area contributed by atoms with Crippen LogP contribution in [0.2, 0.25) is 0 Å². The summed E-state index contributed by atoms with van der Waals surface area (Å²) in [7, 11) is 3.27. The molecule has 26 heavy (non-hydrogen) atoms. The van der Waals surface area contributed by atoms with E-state index >= 15 is 0 Å². The summed E-state index contributed by atoms with van der Waals surface area (Å²) < 4.78 is 10.6. The molecule has 0 aliphatic rings. The van der Waals surface area contributed by atoms with Gasteiger partial charge < -0.3 is 14.8 Å². The lowest BCUT2D eigenvalue weighted by Crippen LogP contribution is -1.97. The first kappa shape index (κ1) is 17.5. The number of aromatic nitrogens is 2. The Bertz CT molecular complexity index is 905. The van der Waals surface area contributed by atoms with Crippen molar-refractivity contribution in [3.8, 4) is 11.5 Å². The number of hydrogen-bond donors (Lipinski definition) is 1. The van der Waals surface area contributed by atoms with Gasteiger partial charge in [0.25, 0.3) is 0 Å². The number of rotatable bonds is 6. The molecule has 0 atom stereocenters. The third kappa shape index (κ3) is 4.39. The van der Waals surface area contributed by atoms with Crippen LogP contribution in [0, 0.1) is 6.92 Å². The first-order valence-electron chi connectivity index (χ1n) is 8.25. The van der Waals surface area contributed by atoms with E-state index in [-0.39, 0.29) is 0 Å². The number of nitrogens with one attached hydrogen (secondary N) is 1.